The van der Waals surface area contributed by atoms with E-state index in [0.29, 0.717) is 6.42 Å². The molecule has 2 amide bonds. The highest BCUT2D eigenvalue weighted by Crippen LogP contribution is 2.58. The van der Waals surface area contributed by atoms with Gasteiger partial charge >= 0.3 is 15.2 Å². The highest BCUT2D eigenvalue weighted by atomic mass is 31.2. The van der Waals surface area contributed by atoms with E-state index in [-0.39, 0.29) is 29.0 Å². The average molecular weight is 544 g/mol. The van der Waals surface area contributed by atoms with Crippen molar-refractivity contribution in [3.05, 3.63) is 53.6 Å². The molecule has 8 N–H and O–H groups in total. The zero-order valence-corrected chi connectivity index (χ0v) is 21.4. The molecule has 14 heteroatoms. The first kappa shape index (κ1) is 29.5. The molecule has 198 valence electrons. The number of hydrogen-bond donors (Lipinski definition) is 8. The predicted molar refractivity (Wildman–Crippen MR) is 132 cm³/mol. The third-order valence-corrected chi connectivity index (χ3v) is 9.00. The van der Waals surface area contributed by atoms with Crippen LogP contribution in [0.4, 0.5) is 5.69 Å². The average Bonchev–Trinajstić information content (AvgIpc) is 2.76. The van der Waals surface area contributed by atoms with E-state index < -0.39 is 39.0 Å². The van der Waals surface area contributed by atoms with Crippen LogP contribution in [0.15, 0.2) is 42.5 Å². The van der Waals surface area contributed by atoms with Crippen molar-refractivity contribution < 1.29 is 48.5 Å². The minimum atomic E-state index is -5.41. The van der Waals surface area contributed by atoms with Crippen molar-refractivity contribution in [2.75, 3.05) is 5.32 Å². The molecule has 36 heavy (non-hydrogen) atoms. The fourth-order valence-corrected chi connectivity index (χ4v) is 6.20. The summed E-state index contributed by atoms with van der Waals surface area (Å²) in [6.07, 6.45) is 0.473. The van der Waals surface area contributed by atoms with Gasteiger partial charge in [0.15, 0.2) is 0 Å². The first-order valence-corrected chi connectivity index (χ1v) is 14.3. The fourth-order valence-electron chi connectivity index (χ4n) is 4.01. The molecular weight excluding hydrogens is 514 g/mol. The number of aromatic hydroxyl groups is 2. The first-order chi connectivity index (χ1) is 16.7. The van der Waals surface area contributed by atoms with Gasteiger partial charge in [-0.25, -0.2) is 0 Å². The Hall–Kier alpha value is -2.72. The highest BCUT2D eigenvalue weighted by molar-refractivity contribution is 7.70. The molecule has 0 heterocycles. The maximum atomic E-state index is 12.4. The smallest absolute Gasteiger partial charge is 0.360 e. The minimum absolute atomic E-state index is 0.00849. The standard InChI is InChI=1S/C22H30N2O10P2/c1-3-16(13-5-8-15(25)9-6-13)17(4-2)14-7-10-19(26)18(11-14)23-20(27)12-21(28)24-22(35(29,30)31)36(32,33)34/h5-11,16-17,22,25-26H,3-4,12H2,1-2H3,(H,23,27)(H,24,28)(H2,29,30,31)(H2,32,33,34). The lowest BCUT2D eigenvalue weighted by molar-refractivity contribution is -0.126. The van der Waals surface area contributed by atoms with Crippen molar-refractivity contribution in [1.29, 1.82) is 0 Å². The fraction of sp³-hybridized carbons (Fsp3) is 0.364. The van der Waals surface area contributed by atoms with E-state index in [1.165, 1.54) is 11.4 Å². The molecule has 0 aliphatic rings. The maximum absolute atomic E-state index is 12.4. The van der Waals surface area contributed by atoms with Crippen LogP contribution in [-0.2, 0) is 18.7 Å². The third kappa shape index (κ3) is 7.89. The molecule has 2 aromatic carbocycles. The normalized spacial score (nSPS) is 13.8. The molecular formula is C22H30N2O10P2. The summed E-state index contributed by atoms with van der Waals surface area (Å²) in [5.74, 6) is -2.41. The zero-order valence-electron chi connectivity index (χ0n) is 19.6. The summed E-state index contributed by atoms with van der Waals surface area (Å²) < 4.78 is 22.6. The van der Waals surface area contributed by atoms with Crippen molar-refractivity contribution in [1.82, 2.24) is 5.32 Å². The summed E-state index contributed by atoms with van der Waals surface area (Å²) in [5, 5.41) is 23.7. The van der Waals surface area contributed by atoms with Crippen LogP contribution in [0.5, 0.6) is 11.5 Å². The van der Waals surface area contributed by atoms with Gasteiger partial charge in [0.25, 0.3) is 0 Å². The largest absolute Gasteiger partial charge is 0.508 e. The second kappa shape index (κ2) is 12.0. The lowest BCUT2D eigenvalue weighted by atomic mass is 9.78. The van der Waals surface area contributed by atoms with Crippen LogP contribution in [0.25, 0.3) is 0 Å². The Morgan fingerprint density at radius 3 is 1.81 bits per heavy atom. The van der Waals surface area contributed by atoms with E-state index in [4.69, 9.17) is 19.6 Å². The Kier molecular flexibility index (Phi) is 9.85. The SMILES string of the molecule is CCC(c1ccc(O)cc1)C(CC)c1ccc(O)c(NC(=O)CC(=O)NC(P(=O)(O)O)P(=O)(O)O)c1. The van der Waals surface area contributed by atoms with Crippen LogP contribution in [0, 0.1) is 0 Å². The molecule has 2 atom stereocenters. The summed E-state index contributed by atoms with van der Waals surface area (Å²) in [6.45, 7) is 4.01. The summed E-state index contributed by atoms with van der Waals surface area (Å²) in [4.78, 5) is 60.7. The number of carbonyl (C=O) groups is 2. The Labute approximate surface area is 207 Å². The van der Waals surface area contributed by atoms with Gasteiger partial charge in [-0.1, -0.05) is 32.0 Å². The molecule has 2 unspecified atom stereocenters. The number of phenolic OH excluding ortho intramolecular Hbond substituents is 2. The van der Waals surface area contributed by atoms with Crippen molar-refractivity contribution in [2.45, 2.75) is 50.5 Å². The van der Waals surface area contributed by atoms with Crippen molar-refractivity contribution in [3.63, 3.8) is 0 Å². The van der Waals surface area contributed by atoms with Crippen LogP contribution < -0.4 is 10.6 Å². The van der Waals surface area contributed by atoms with Crippen LogP contribution in [0.2, 0.25) is 0 Å². The summed E-state index contributed by atoms with van der Waals surface area (Å²) in [7, 11) is -10.8. The van der Waals surface area contributed by atoms with Gasteiger partial charge in [0.1, 0.15) is 17.9 Å². The molecule has 0 fully saturated rings. The molecule has 0 aliphatic heterocycles. The van der Waals surface area contributed by atoms with Gasteiger partial charge in [-0.3, -0.25) is 18.7 Å². The van der Waals surface area contributed by atoms with E-state index in [2.05, 4.69) is 5.32 Å². The van der Waals surface area contributed by atoms with E-state index in [1.54, 1.807) is 24.3 Å². The molecule has 0 aliphatic carbocycles. The lowest BCUT2D eigenvalue weighted by Crippen LogP contribution is -2.36. The van der Waals surface area contributed by atoms with Gasteiger partial charge < -0.3 is 40.4 Å². The monoisotopic (exact) mass is 544 g/mol. The Bertz CT molecular complexity index is 1150. The molecule has 0 radical (unpaired) electrons. The number of rotatable bonds is 11. The number of carbonyl (C=O) groups excluding carboxylic acids is 2. The zero-order chi connectivity index (χ0) is 27.3. The summed E-state index contributed by atoms with van der Waals surface area (Å²) in [5.41, 5.74) is -0.996. The maximum Gasteiger partial charge on any atom is 0.360 e. The quantitative estimate of drug-likeness (QED) is 0.118. The number of hydrogen-bond acceptors (Lipinski definition) is 6. The number of nitrogens with one attached hydrogen (secondary N) is 2. The summed E-state index contributed by atoms with van der Waals surface area (Å²) >= 11 is 0. The van der Waals surface area contributed by atoms with Gasteiger partial charge in [0.05, 0.1) is 5.69 Å². The molecule has 0 aromatic heterocycles. The molecule has 0 saturated heterocycles. The van der Waals surface area contributed by atoms with E-state index in [9.17, 15) is 28.9 Å². The van der Waals surface area contributed by atoms with Gasteiger partial charge in [-0.15, -0.1) is 0 Å². The summed E-state index contributed by atoms with van der Waals surface area (Å²) in [6, 6.07) is 11.5. The molecule has 0 saturated carbocycles. The Morgan fingerprint density at radius 1 is 0.806 bits per heavy atom. The second-order valence-electron chi connectivity index (χ2n) is 8.24. The number of anilines is 1. The highest BCUT2D eigenvalue weighted by Gasteiger charge is 2.44. The van der Waals surface area contributed by atoms with Crippen LogP contribution in [0.1, 0.15) is 56.1 Å². The Balaban J connectivity index is 2.20. The van der Waals surface area contributed by atoms with E-state index >= 15 is 0 Å². The van der Waals surface area contributed by atoms with Crippen molar-refractivity contribution in [3.8, 4) is 11.5 Å². The first-order valence-electron chi connectivity index (χ1n) is 11.0. The molecule has 2 rings (SSSR count). The topological polar surface area (TPSA) is 214 Å². The van der Waals surface area contributed by atoms with Gasteiger partial charge in [-0.05, 0) is 60.1 Å². The lowest BCUT2D eigenvalue weighted by Gasteiger charge is -2.27. The van der Waals surface area contributed by atoms with Gasteiger partial charge in [0, 0.05) is 0 Å². The number of amides is 2. The van der Waals surface area contributed by atoms with E-state index in [0.717, 1.165) is 17.5 Å². The van der Waals surface area contributed by atoms with E-state index in [1.807, 2.05) is 26.0 Å². The Morgan fingerprint density at radius 2 is 1.31 bits per heavy atom. The molecule has 0 bridgehead atoms. The second-order valence-corrected chi connectivity index (χ2v) is 12.0. The van der Waals surface area contributed by atoms with Gasteiger partial charge in [-0.2, -0.15) is 0 Å². The van der Waals surface area contributed by atoms with Crippen molar-refractivity contribution >= 4 is 32.7 Å². The minimum Gasteiger partial charge on any atom is -0.508 e. The molecule has 0 spiro atoms. The van der Waals surface area contributed by atoms with Crippen LogP contribution in [-0.4, -0.2) is 47.1 Å². The number of benzene rings is 2. The van der Waals surface area contributed by atoms with Crippen LogP contribution >= 0.6 is 15.2 Å². The number of phenols is 2. The molecule has 12 nitrogen and oxygen atoms in total. The van der Waals surface area contributed by atoms with Crippen LogP contribution in [0.3, 0.4) is 0 Å². The van der Waals surface area contributed by atoms with Crippen molar-refractivity contribution in [2.24, 2.45) is 0 Å². The molecule has 2 aromatic rings. The third-order valence-electron chi connectivity index (χ3n) is 5.66. The van der Waals surface area contributed by atoms with Gasteiger partial charge in [0.2, 0.25) is 17.3 Å². The predicted octanol–water partition coefficient (Wildman–Crippen LogP) is 2.87.